The van der Waals surface area contributed by atoms with Crippen molar-refractivity contribution in [1.82, 2.24) is 0 Å². The first-order valence-corrected chi connectivity index (χ1v) is 11.6. The molecule has 5 aliphatic carbocycles. The maximum Gasteiger partial charge on any atom is 0.338 e. The Bertz CT molecular complexity index is 952. The first kappa shape index (κ1) is 18.5. The molecule has 7 atom stereocenters. The summed E-state index contributed by atoms with van der Waals surface area (Å²) in [6.07, 6.45) is 10.2. The summed E-state index contributed by atoms with van der Waals surface area (Å²) < 4.78 is 5.86. The topological polar surface area (TPSA) is 60.4 Å². The van der Waals surface area contributed by atoms with Crippen molar-refractivity contribution in [2.45, 2.75) is 57.0 Å². The first-order valence-electron chi connectivity index (χ1n) is 11.6. The second-order valence-electron chi connectivity index (χ2n) is 10.4. The average Bonchev–Trinajstić information content (AvgIpc) is 3.44. The van der Waals surface area contributed by atoms with Crippen LogP contribution in [0.1, 0.15) is 67.3 Å². The molecule has 1 aromatic carbocycles. The van der Waals surface area contributed by atoms with Crippen LogP contribution in [0.2, 0.25) is 0 Å². The van der Waals surface area contributed by atoms with Crippen molar-refractivity contribution in [1.29, 1.82) is 0 Å². The molecule has 6 rings (SSSR count). The number of ketones is 2. The Labute approximate surface area is 177 Å². The Morgan fingerprint density at radius 1 is 0.900 bits per heavy atom. The Morgan fingerprint density at radius 2 is 1.57 bits per heavy atom. The zero-order valence-corrected chi connectivity index (χ0v) is 17.4. The summed E-state index contributed by atoms with van der Waals surface area (Å²) in [5, 5.41) is 0. The molecule has 4 heteroatoms. The molecule has 0 saturated heterocycles. The zero-order chi connectivity index (χ0) is 20.6. The van der Waals surface area contributed by atoms with Gasteiger partial charge in [-0.15, -0.1) is 0 Å². The van der Waals surface area contributed by atoms with Gasteiger partial charge < -0.3 is 4.74 Å². The van der Waals surface area contributed by atoms with Gasteiger partial charge in [-0.25, -0.2) is 4.79 Å². The molecule has 0 aliphatic heterocycles. The highest BCUT2D eigenvalue weighted by molar-refractivity contribution is 5.99. The number of carbonyl (C=O) groups excluding carboxylic acids is 3. The van der Waals surface area contributed by atoms with Crippen molar-refractivity contribution in [3.05, 3.63) is 47.5 Å². The number of hydrogen-bond acceptors (Lipinski definition) is 4. The Hall–Kier alpha value is -2.23. The van der Waals surface area contributed by atoms with Crippen LogP contribution in [-0.2, 0) is 14.3 Å². The SMILES string of the molecule is CC1(OC(=O)c2ccc(C3CC4C(=O)C3C3C5C=CC(C5=O)C43)cc2)CCCCC1. The molecule has 7 unspecified atom stereocenters. The van der Waals surface area contributed by atoms with E-state index in [0.717, 1.165) is 37.7 Å². The molecule has 1 aromatic rings. The second kappa shape index (κ2) is 6.38. The summed E-state index contributed by atoms with van der Waals surface area (Å²) in [5.74, 6) is 0.992. The molecule has 156 valence electrons. The standard InChI is InChI=1S/C26H28O4/c1-26(11-3-2-4-12-26)30-25(29)15-7-5-14(6-8-15)18-13-19-20-16-9-10-17(23(16)27)21(20)22(18)24(19)28/h5-10,16-22H,2-4,11-13H2,1H3. The molecule has 0 radical (unpaired) electrons. The predicted molar refractivity (Wildman–Crippen MR) is 111 cm³/mol. The van der Waals surface area contributed by atoms with Crippen LogP contribution in [0.4, 0.5) is 0 Å². The highest BCUT2D eigenvalue weighted by Crippen LogP contribution is 2.66. The number of Topliss-reactive ketones (excluding diaryl/α,β-unsaturated/α-hetero) is 2. The van der Waals surface area contributed by atoms with Crippen LogP contribution in [0, 0.1) is 35.5 Å². The van der Waals surface area contributed by atoms with E-state index in [1.54, 1.807) is 0 Å². The van der Waals surface area contributed by atoms with E-state index in [1.807, 2.05) is 43.3 Å². The number of ether oxygens (including phenoxy) is 1. The Morgan fingerprint density at radius 3 is 2.27 bits per heavy atom. The number of allylic oxidation sites excluding steroid dienone is 2. The van der Waals surface area contributed by atoms with E-state index in [1.165, 1.54) is 6.42 Å². The van der Waals surface area contributed by atoms with Gasteiger partial charge in [-0.2, -0.15) is 0 Å². The highest BCUT2D eigenvalue weighted by Gasteiger charge is 2.68. The van der Waals surface area contributed by atoms with E-state index in [-0.39, 0.29) is 53.0 Å². The van der Waals surface area contributed by atoms with Gasteiger partial charge in [0.1, 0.15) is 17.2 Å². The summed E-state index contributed by atoms with van der Waals surface area (Å²) in [7, 11) is 0. The summed E-state index contributed by atoms with van der Waals surface area (Å²) >= 11 is 0. The minimum Gasteiger partial charge on any atom is -0.456 e. The molecule has 4 nitrogen and oxygen atoms in total. The molecule has 0 heterocycles. The van der Waals surface area contributed by atoms with Gasteiger partial charge >= 0.3 is 5.97 Å². The minimum atomic E-state index is -0.345. The number of esters is 1. The molecule has 0 aromatic heterocycles. The largest absolute Gasteiger partial charge is 0.456 e. The van der Waals surface area contributed by atoms with Gasteiger partial charge in [-0.1, -0.05) is 30.7 Å². The molecular weight excluding hydrogens is 376 g/mol. The van der Waals surface area contributed by atoms with Gasteiger partial charge in [-0.05, 0) is 74.5 Å². The zero-order valence-electron chi connectivity index (χ0n) is 17.4. The Balaban J connectivity index is 1.20. The first-order chi connectivity index (χ1) is 14.5. The van der Waals surface area contributed by atoms with Crippen LogP contribution in [0.3, 0.4) is 0 Å². The molecule has 4 saturated carbocycles. The Kier molecular flexibility index (Phi) is 3.94. The van der Waals surface area contributed by atoms with Crippen molar-refractivity contribution < 1.29 is 19.1 Å². The minimum absolute atomic E-state index is 0.0156. The second-order valence-corrected chi connectivity index (χ2v) is 10.4. The van der Waals surface area contributed by atoms with Gasteiger partial charge in [0.2, 0.25) is 0 Å². The molecule has 0 amide bonds. The van der Waals surface area contributed by atoms with Crippen LogP contribution in [-0.4, -0.2) is 23.1 Å². The molecule has 0 N–H and O–H groups in total. The van der Waals surface area contributed by atoms with E-state index in [0.29, 0.717) is 17.1 Å². The van der Waals surface area contributed by atoms with E-state index >= 15 is 0 Å². The van der Waals surface area contributed by atoms with Crippen molar-refractivity contribution in [2.24, 2.45) is 35.5 Å². The van der Waals surface area contributed by atoms with E-state index < -0.39 is 0 Å². The predicted octanol–water partition coefficient (Wildman–Crippen LogP) is 4.49. The summed E-state index contributed by atoms with van der Waals surface area (Å²) in [6.45, 7) is 2.04. The fourth-order valence-corrected chi connectivity index (χ4v) is 7.43. The summed E-state index contributed by atoms with van der Waals surface area (Å²) in [6, 6.07) is 7.70. The molecule has 0 spiro atoms. The lowest BCUT2D eigenvalue weighted by Gasteiger charge is -2.34. The fourth-order valence-electron chi connectivity index (χ4n) is 7.43. The molecule has 5 aliphatic rings. The van der Waals surface area contributed by atoms with Crippen molar-refractivity contribution in [3.63, 3.8) is 0 Å². The maximum absolute atomic E-state index is 13.0. The third kappa shape index (κ3) is 2.48. The van der Waals surface area contributed by atoms with E-state index in [9.17, 15) is 14.4 Å². The smallest absolute Gasteiger partial charge is 0.338 e. The monoisotopic (exact) mass is 404 g/mol. The number of fused-ring (bicyclic) bond motifs is 9. The third-order valence-electron chi connectivity index (χ3n) is 8.80. The molecular formula is C26H28O4. The lowest BCUT2D eigenvalue weighted by atomic mass is 9.68. The number of rotatable bonds is 3. The number of carbonyl (C=O) groups is 3. The molecule has 4 bridgehead atoms. The normalized spacial score (nSPS) is 40.1. The van der Waals surface area contributed by atoms with Crippen molar-refractivity contribution in [2.75, 3.05) is 0 Å². The summed E-state index contributed by atoms with van der Waals surface area (Å²) in [4.78, 5) is 38.2. The third-order valence-corrected chi connectivity index (χ3v) is 8.80. The van der Waals surface area contributed by atoms with E-state index in [2.05, 4.69) is 0 Å². The average molecular weight is 405 g/mol. The van der Waals surface area contributed by atoms with Gasteiger partial charge in [0.15, 0.2) is 0 Å². The van der Waals surface area contributed by atoms with Gasteiger partial charge in [0.25, 0.3) is 0 Å². The van der Waals surface area contributed by atoms with Crippen LogP contribution in [0.5, 0.6) is 0 Å². The number of hydrogen-bond donors (Lipinski definition) is 0. The van der Waals surface area contributed by atoms with Crippen LogP contribution >= 0.6 is 0 Å². The highest BCUT2D eigenvalue weighted by atomic mass is 16.6. The number of benzene rings is 1. The molecule has 4 fully saturated rings. The van der Waals surface area contributed by atoms with Crippen molar-refractivity contribution >= 4 is 17.5 Å². The maximum atomic E-state index is 13.0. The lowest BCUT2D eigenvalue weighted by Crippen LogP contribution is -2.34. The van der Waals surface area contributed by atoms with Gasteiger partial charge in [0.05, 0.1) is 5.56 Å². The fraction of sp³-hybridized carbons (Fsp3) is 0.577. The van der Waals surface area contributed by atoms with Crippen LogP contribution in [0.25, 0.3) is 0 Å². The molecule has 30 heavy (non-hydrogen) atoms. The summed E-state index contributed by atoms with van der Waals surface area (Å²) in [5.41, 5.74) is 1.35. The van der Waals surface area contributed by atoms with Gasteiger partial charge in [0, 0.05) is 23.7 Å². The van der Waals surface area contributed by atoms with Crippen molar-refractivity contribution in [3.8, 4) is 0 Å². The van der Waals surface area contributed by atoms with E-state index in [4.69, 9.17) is 4.74 Å². The quantitative estimate of drug-likeness (QED) is 0.423. The lowest BCUT2D eigenvalue weighted by molar-refractivity contribution is -0.125. The van der Waals surface area contributed by atoms with Crippen LogP contribution < -0.4 is 0 Å². The van der Waals surface area contributed by atoms with Crippen LogP contribution in [0.15, 0.2) is 36.4 Å². The van der Waals surface area contributed by atoms with Gasteiger partial charge in [-0.3, -0.25) is 9.59 Å².